The Morgan fingerprint density at radius 3 is 2.00 bits per heavy atom. The molecule has 0 N–H and O–H groups in total. The minimum absolute atomic E-state index is 0.0682. The van der Waals surface area contributed by atoms with Crippen molar-refractivity contribution < 1.29 is 9.47 Å². The van der Waals surface area contributed by atoms with Gasteiger partial charge in [-0.05, 0) is 12.8 Å². The first-order valence-corrected chi connectivity index (χ1v) is 5.83. The van der Waals surface area contributed by atoms with Gasteiger partial charge in [0.05, 0.1) is 13.2 Å². The van der Waals surface area contributed by atoms with Gasteiger partial charge in [0.1, 0.15) is 0 Å². The van der Waals surface area contributed by atoms with Crippen LogP contribution in [0.25, 0.3) is 0 Å². The van der Waals surface area contributed by atoms with Gasteiger partial charge in [-0.15, -0.1) is 13.2 Å². The highest BCUT2D eigenvalue weighted by Crippen LogP contribution is 2.28. The number of hydrogen-bond donors (Lipinski definition) is 0. The van der Waals surface area contributed by atoms with Gasteiger partial charge in [0, 0.05) is 5.92 Å². The zero-order chi connectivity index (χ0) is 10.9. The molecule has 0 heterocycles. The van der Waals surface area contributed by atoms with Gasteiger partial charge < -0.3 is 9.47 Å². The molecule has 0 aliphatic heterocycles. The molecule has 0 radical (unpaired) electrons. The van der Waals surface area contributed by atoms with Crippen LogP contribution in [0.2, 0.25) is 0 Å². The first kappa shape index (κ1) is 12.5. The second-order valence-electron chi connectivity index (χ2n) is 4.01. The van der Waals surface area contributed by atoms with E-state index in [1.165, 1.54) is 32.1 Å². The minimum atomic E-state index is -0.0682. The minimum Gasteiger partial charge on any atom is -0.348 e. The Morgan fingerprint density at radius 2 is 1.53 bits per heavy atom. The largest absolute Gasteiger partial charge is 0.348 e. The molecule has 1 saturated carbocycles. The van der Waals surface area contributed by atoms with Gasteiger partial charge in [-0.3, -0.25) is 0 Å². The van der Waals surface area contributed by atoms with E-state index in [0.29, 0.717) is 19.1 Å². The van der Waals surface area contributed by atoms with Gasteiger partial charge in [-0.25, -0.2) is 0 Å². The van der Waals surface area contributed by atoms with E-state index in [4.69, 9.17) is 9.47 Å². The van der Waals surface area contributed by atoms with E-state index in [0.717, 1.165) is 0 Å². The second-order valence-corrected chi connectivity index (χ2v) is 4.01. The van der Waals surface area contributed by atoms with Crippen molar-refractivity contribution in [3.8, 4) is 0 Å². The van der Waals surface area contributed by atoms with Gasteiger partial charge in [-0.2, -0.15) is 0 Å². The molecule has 0 unspecified atom stereocenters. The van der Waals surface area contributed by atoms with Crippen molar-refractivity contribution in [2.45, 2.75) is 38.4 Å². The molecule has 0 spiro atoms. The van der Waals surface area contributed by atoms with Gasteiger partial charge in [0.2, 0.25) is 0 Å². The monoisotopic (exact) mass is 210 g/mol. The number of ether oxygens (including phenoxy) is 2. The van der Waals surface area contributed by atoms with E-state index < -0.39 is 0 Å². The van der Waals surface area contributed by atoms with Crippen molar-refractivity contribution in [2.75, 3.05) is 13.2 Å². The number of hydrogen-bond acceptors (Lipinski definition) is 2. The van der Waals surface area contributed by atoms with Crippen molar-refractivity contribution >= 4 is 0 Å². The van der Waals surface area contributed by atoms with Crippen LogP contribution < -0.4 is 0 Å². The van der Waals surface area contributed by atoms with Gasteiger partial charge in [0.15, 0.2) is 6.29 Å². The predicted molar refractivity (Wildman–Crippen MR) is 62.7 cm³/mol. The highest BCUT2D eigenvalue weighted by molar-refractivity contribution is 4.73. The highest BCUT2D eigenvalue weighted by Gasteiger charge is 2.24. The SMILES string of the molecule is C=CCOC(OCC=C)C1CCCCC1. The second kappa shape index (κ2) is 7.66. The van der Waals surface area contributed by atoms with Crippen LogP contribution in [0.1, 0.15) is 32.1 Å². The summed E-state index contributed by atoms with van der Waals surface area (Å²) in [5.74, 6) is 0.554. The van der Waals surface area contributed by atoms with Gasteiger partial charge >= 0.3 is 0 Å². The first-order valence-electron chi connectivity index (χ1n) is 5.83. The van der Waals surface area contributed by atoms with E-state index in [9.17, 15) is 0 Å². The van der Waals surface area contributed by atoms with Crippen molar-refractivity contribution in [1.29, 1.82) is 0 Å². The molecule has 0 bridgehead atoms. The summed E-state index contributed by atoms with van der Waals surface area (Å²) >= 11 is 0. The van der Waals surface area contributed by atoms with Crippen LogP contribution in [0.3, 0.4) is 0 Å². The van der Waals surface area contributed by atoms with Gasteiger partial charge in [0.25, 0.3) is 0 Å². The average Bonchev–Trinajstić information content (AvgIpc) is 2.30. The molecule has 0 amide bonds. The summed E-state index contributed by atoms with van der Waals surface area (Å²) in [5.41, 5.74) is 0. The van der Waals surface area contributed by atoms with Crippen molar-refractivity contribution in [1.82, 2.24) is 0 Å². The van der Waals surface area contributed by atoms with Gasteiger partial charge in [-0.1, -0.05) is 31.4 Å². The molecule has 0 aromatic carbocycles. The standard InChI is InChI=1S/C13H22O2/c1-3-10-14-13(15-11-4-2)12-8-6-5-7-9-12/h3-4,12-13H,1-2,5-11H2. The Hall–Kier alpha value is -0.600. The summed E-state index contributed by atoms with van der Waals surface area (Å²) in [4.78, 5) is 0. The molecule has 0 aromatic heterocycles. The lowest BCUT2D eigenvalue weighted by molar-refractivity contribution is -0.164. The number of rotatable bonds is 7. The quantitative estimate of drug-likeness (QED) is 0.474. The van der Waals surface area contributed by atoms with E-state index >= 15 is 0 Å². The summed E-state index contributed by atoms with van der Waals surface area (Å²) in [6, 6.07) is 0. The van der Waals surface area contributed by atoms with E-state index in [-0.39, 0.29) is 6.29 Å². The third-order valence-corrected chi connectivity index (χ3v) is 2.79. The molecule has 1 rings (SSSR count). The molecule has 1 aliphatic carbocycles. The van der Waals surface area contributed by atoms with Crippen LogP contribution >= 0.6 is 0 Å². The molecule has 1 fully saturated rings. The molecule has 1 aliphatic rings. The molecule has 2 nitrogen and oxygen atoms in total. The smallest absolute Gasteiger partial charge is 0.161 e. The Morgan fingerprint density at radius 1 is 1.00 bits per heavy atom. The maximum Gasteiger partial charge on any atom is 0.161 e. The summed E-state index contributed by atoms with van der Waals surface area (Å²) in [6.45, 7) is 8.45. The third kappa shape index (κ3) is 4.63. The zero-order valence-corrected chi connectivity index (χ0v) is 9.49. The normalized spacial score (nSPS) is 17.9. The topological polar surface area (TPSA) is 18.5 Å². The third-order valence-electron chi connectivity index (χ3n) is 2.79. The maximum absolute atomic E-state index is 5.64. The van der Waals surface area contributed by atoms with Crippen LogP contribution in [0.5, 0.6) is 0 Å². The maximum atomic E-state index is 5.64. The van der Waals surface area contributed by atoms with Crippen LogP contribution in [0, 0.1) is 5.92 Å². The molecule has 15 heavy (non-hydrogen) atoms. The molecular formula is C13H22O2. The Bertz CT molecular complexity index is 171. The molecule has 0 atom stereocenters. The molecule has 0 saturated heterocycles. The summed E-state index contributed by atoms with van der Waals surface area (Å²) in [7, 11) is 0. The first-order chi connectivity index (χ1) is 7.38. The van der Waals surface area contributed by atoms with Crippen LogP contribution in [0.15, 0.2) is 25.3 Å². The van der Waals surface area contributed by atoms with E-state index in [2.05, 4.69) is 13.2 Å². The lowest BCUT2D eigenvalue weighted by Crippen LogP contribution is -2.29. The lowest BCUT2D eigenvalue weighted by Gasteiger charge is -2.29. The Balaban J connectivity index is 2.36. The van der Waals surface area contributed by atoms with Crippen molar-refractivity contribution in [3.05, 3.63) is 25.3 Å². The van der Waals surface area contributed by atoms with E-state index in [1.807, 2.05) is 0 Å². The molecule has 2 heteroatoms. The molecule has 86 valence electrons. The summed E-state index contributed by atoms with van der Waals surface area (Å²) < 4.78 is 11.3. The van der Waals surface area contributed by atoms with Crippen LogP contribution in [0.4, 0.5) is 0 Å². The Kier molecular flexibility index (Phi) is 6.37. The fourth-order valence-electron chi connectivity index (χ4n) is 2.05. The van der Waals surface area contributed by atoms with Crippen LogP contribution in [-0.2, 0) is 9.47 Å². The summed E-state index contributed by atoms with van der Waals surface area (Å²) in [5, 5.41) is 0. The Labute approximate surface area is 93.0 Å². The van der Waals surface area contributed by atoms with Crippen molar-refractivity contribution in [2.24, 2.45) is 5.92 Å². The molecule has 0 aromatic rings. The fourth-order valence-corrected chi connectivity index (χ4v) is 2.05. The average molecular weight is 210 g/mol. The van der Waals surface area contributed by atoms with Crippen LogP contribution in [-0.4, -0.2) is 19.5 Å². The van der Waals surface area contributed by atoms with Crippen molar-refractivity contribution in [3.63, 3.8) is 0 Å². The highest BCUT2D eigenvalue weighted by atomic mass is 16.7. The van der Waals surface area contributed by atoms with E-state index in [1.54, 1.807) is 12.2 Å². The summed E-state index contributed by atoms with van der Waals surface area (Å²) in [6.07, 6.45) is 9.87. The molecular weight excluding hydrogens is 188 g/mol. The fraction of sp³-hybridized carbons (Fsp3) is 0.692. The lowest BCUT2D eigenvalue weighted by atomic mass is 9.89. The predicted octanol–water partition coefficient (Wildman–Crippen LogP) is 3.30. The zero-order valence-electron chi connectivity index (χ0n) is 9.49.